The lowest BCUT2D eigenvalue weighted by Crippen LogP contribution is -2.27. The second-order valence-corrected chi connectivity index (χ2v) is 5.96. The molecule has 0 amide bonds. The van der Waals surface area contributed by atoms with Crippen LogP contribution in [0.4, 0.5) is 0 Å². The zero-order chi connectivity index (χ0) is 19.3. The van der Waals surface area contributed by atoms with E-state index in [1.165, 1.54) is 6.92 Å². The maximum Gasteiger partial charge on any atom is 0.271 e. The van der Waals surface area contributed by atoms with Gasteiger partial charge in [-0.3, -0.25) is 14.2 Å². The number of nitrogens with zero attached hydrogens (tertiary/aromatic N) is 2. The van der Waals surface area contributed by atoms with Crippen LogP contribution < -0.4 is 5.56 Å². The van der Waals surface area contributed by atoms with Crippen molar-refractivity contribution in [2.45, 2.75) is 33.7 Å². The summed E-state index contributed by atoms with van der Waals surface area (Å²) in [5.74, 6) is -0.815. The summed E-state index contributed by atoms with van der Waals surface area (Å²) in [6, 6.07) is 8.87. The number of aryl methyl sites for hydroxylation is 1. The number of benzene rings is 1. The highest BCUT2D eigenvalue weighted by molar-refractivity contribution is 6.12. The van der Waals surface area contributed by atoms with Gasteiger partial charge in [0.1, 0.15) is 11.6 Å². The molecule has 0 bridgehead atoms. The van der Waals surface area contributed by atoms with E-state index in [9.17, 15) is 20.0 Å². The number of pyridine rings is 1. The van der Waals surface area contributed by atoms with Crippen molar-refractivity contribution in [2.24, 2.45) is 0 Å². The van der Waals surface area contributed by atoms with Gasteiger partial charge in [0.15, 0.2) is 5.78 Å². The molecule has 0 spiro atoms. The molecule has 1 aromatic carbocycles. The van der Waals surface area contributed by atoms with E-state index in [1.807, 2.05) is 19.1 Å². The number of carbonyl (C=O) groups excluding carboxylic acids is 1. The quantitative estimate of drug-likeness (QED) is 0.610. The van der Waals surface area contributed by atoms with Crippen LogP contribution in [-0.4, -0.2) is 28.7 Å². The normalized spacial score (nSPS) is 10.5. The van der Waals surface area contributed by atoms with Gasteiger partial charge in [-0.1, -0.05) is 24.3 Å². The van der Waals surface area contributed by atoms with Crippen molar-refractivity contribution in [3.63, 3.8) is 0 Å². The van der Waals surface area contributed by atoms with Gasteiger partial charge >= 0.3 is 0 Å². The van der Waals surface area contributed by atoms with Crippen LogP contribution in [0.3, 0.4) is 0 Å². The van der Waals surface area contributed by atoms with E-state index in [0.717, 1.165) is 10.1 Å². The smallest absolute Gasteiger partial charge is 0.271 e. The molecule has 0 unspecified atom stereocenters. The lowest BCUT2D eigenvalue weighted by atomic mass is 9.95. The van der Waals surface area contributed by atoms with Gasteiger partial charge in [-0.25, -0.2) is 0 Å². The van der Waals surface area contributed by atoms with E-state index < -0.39 is 17.2 Å². The number of carbonyl (C=O) groups is 1. The van der Waals surface area contributed by atoms with Crippen LogP contribution in [0.1, 0.15) is 46.0 Å². The average Bonchev–Trinajstić information content (AvgIpc) is 2.61. The monoisotopic (exact) mass is 354 g/mol. The van der Waals surface area contributed by atoms with Gasteiger partial charge in [-0.2, -0.15) is 5.26 Å². The van der Waals surface area contributed by atoms with E-state index in [1.54, 1.807) is 25.1 Å². The molecule has 0 saturated heterocycles. The van der Waals surface area contributed by atoms with E-state index >= 15 is 0 Å². The Labute approximate surface area is 152 Å². The van der Waals surface area contributed by atoms with Gasteiger partial charge in [-0.15, -0.1) is 0 Å². The molecule has 136 valence electrons. The Bertz CT molecular complexity index is 923. The fraction of sp³-hybridized carbons (Fsp3) is 0.350. The van der Waals surface area contributed by atoms with Gasteiger partial charge in [0.05, 0.1) is 5.56 Å². The minimum atomic E-state index is -0.597. The first-order valence-electron chi connectivity index (χ1n) is 8.48. The van der Waals surface area contributed by atoms with Crippen molar-refractivity contribution < 1.29 is 14.6 Å². The Morgan fingerprint density at radius 2 is 2.00 bits per heavy atom. The Morgan fingerprint density at radius 3 is 2.62 bits per heavy atom. The van der Waals surface area contributed by atoms with Crippen LogP contribution in [0.5, 0.6) is 5.88 Å². The molecule has 0 aliphatic heterocycles. The predicted octanol–water partition coefficient (Wildman–Crippen LogP) is 2.70. The summed E-state index contributed by atoms with van der Waals surface area (Å²) in [5, 5.41) is 20.0. The van der Waals surface area contributed by atoms with Crippen molar-refractivity contribution in [3.8, 4) is 11.9 Å². The topological polar surface area (TPSA) is 92.3 Å². The summed E-state index contributed by atoms with van der Waals surface area (Å²) in [6.07, 6.45) is 0.479. The summed E-state index contributed by atoms with van der Waals surface area (Å²) >= 11 is 0. The highest BCUT2D eigenvalue weighted by atomic mass is 16.5. The van der Waals surface area contributed by atoms with Gasteiger partial charge in [0, 0.05) is 25.3 Å². The SMILES string of the molecule is CCOCCCn1c(O)c(C(=O)c2ccccc2C)c(C)c(C#N)c1=O. The summed E-state index contributed by atoms with van der Waals surface area (Å²) in [7, 11) is 0. The molecule has 6 nitrogen and oxygen atoms in total. The van der Waals surface area contributed by atoms with Crippen molar-refractivity contribution in [3.05, 3.63) is 62.4 Å². The molecule has 0 saturated carbocycles. The van der Waals surface area contributed by atoms with Crippen molar-refractivity contribution in [1.29, 1.82) is 5.26 Å². The van der Waals surface area contributed by atoms with E-state index in [2.05, 4.69) is 0 Å². The first kappa shape index (κ1) is 19.4. The Kier molecular flexibility index (Phi) is 6.31. The van der Waals surface area contributed by atoms with Crippen molar-refractivity contribution in [2.75, 3.05) is 13.2 Å². The molecular formula is C20H22N2O4. The van der Waals surface area contributed by atoms with Crippen LogP contribution in [0.2, 0.25) is 0 Å². The fourth-order valence-corrected chi connectivity index (χ4v) is 2.86. The number of ketones is 1. The molecule has 2 rings (SSSR count). The molecule has 1 aromatic heterocycles. The standard InChI is InChI=1S/C20H22N2O4/c1-4-26-11-7-10-22-19(24)16(12-21)14(3)17(20(22)25)18(23)15-9-6-5-8-13(15)2/h5-6,8-9,25H,4,7,10-11H2,1-3H3. The molecule has 0 fully saturated rings. The third-order valence-electron chi connectivity index (χ3n) is 4.29. The average molecular weight is 354 g/mol. The maximum absolute atomic E-state index is 13.0. The van der Waals surface area contributed by atoms with E-state index in [4.69, 9.17) is 4.74 Å². The van der Waals surface area contributed by atoms with Crippen molar-refractivity contribution >= 4 is 5.78 Å². The van der Waals surface area contributed by atoms with Gasteiger partial charge in [0.2, 0.25) is 5.88 Å². The maximum atomic E-state index is 13.0. The summed E-state index contributed by atoms with van der Waals surface area (Å²) in [4.78, 5) is 25.5. The van der Waals surface area contributed by atoms with Crippen LogP contribution >= 0.6 is 0 Å². The molecule has 1 N–H and O–H groups in total. The van der Waals surface area contributed by atoms with E-state index in [0.29, 0.717) is 25.2 Å². The third kappa shape index (κ3) is 3.68. The molecule has 2 aromatic rings. The third-order valence-corrected chi connectivity index (χ3v) is 4.29. The minimum absolute atomic E-state index is 0.00754. The number of aromatic hydroxyl groups is 1. The Balaban J connectivity index is 2.59. The van der Waals surface area contributed by atoms with E-state index in [-0.39, 0.29) is 23.2 Å². The van der Waals surface area contributed by atoms with Crippen molar-refractivity contribution in [1.82, 2.24) is 4.57 Å². The van der Waals surface area contributed by atoms with Gasteiger partial charge in [-0.05, 0) is 38.3 Å². The number of hydrogen-bond donors (Lipinski definition) is 1. The summed E-state index contributed by atoms with van der Waals surface area (Å²) in [6.45, 7) is 6.29. The number of aromatic nitrogens is 1. The second-order valence-electron chi connectivity index (χ2n) is 5.96. The lowest BCUT2D eigenvalue weighted by molar-refractivity contribution is 0.103. The molecule has 6 heteroatoms. The van der Waals surface area contributed by atoms with Crippen LogP contribution in [0.25, 0.3) is 0 Å². The lowest BCUT2D eigenvalue weighted by Gasteiger charge is -2.16. The van der Waals surface area contributed by atoms with Crippen LogP contribution in [-0.2, 0) is 11.3 Å². The highest BCUT2D eigenvalue weighted by Crippen LogP contribution is 2.26. The Hall–Kier alpha value is -2.91. The second kappa shape index (κ2) is 8.45. The van der Waals surface area contributed by atoms with Crippen LogP contribution in [0.15, 0.2) is 29.1 Å². The number of hydrogen-bond acceptors (Lipinski definition) is 5. The van der Waals surface area contributed by atoms with Gasteiger partial charge < -0.3 is 9.84 Å². The molecule has 0 atom stereocenters. The summed E-state index contributed by atoms with van der Waals surface area (Å²) < 4.78 is 6.33. The van der Waals surface area contributed by atoms with Crippen LogP contribution in [0, 0.1) is 25.2 Å². The fourth-order valence-electron chi connectivity index (χ4n) is 2.86. The zero-order valence-corrected chi connectivity index (χ0v) is 15.2. The zero-order valence-electron chi connectivity index (χ0n) is 15.2. The predicted molar refractivity (Wildman–Crippen MR) is 97.5 cm³/mol. The molecular weight excluding hydrogens is 332 g/mol. The molecule has 1 heterocycles. The summed E-state index contributed by atoms with van der Waals surface area (Å²) in [5.41, 5.74) is 0.644. The Morgan fingerprint density at radius 1 is 1.31 bits per heavy atom. The molecule has 0 aliphatic rings. The number of rotatable bonds is 7. The molecule has 0 radical (unpaired) electrons. The molecule has 0 aliphatic carbocycles. The first-order valence-corrected chi connectivity index (χ1v) is 8.48. The molecule has 26 heavy (non-hydrogen) atoms. The number of nitriles is 1. The van der Waals surface area contributed by atoms with Gasteiger partial charge in [0.25, 0.3) is 5.56 Å². The number of ether oxygens (including phenoxy) is 1. The highest BCUT2D eigenvalue weighted by Gasteiger charge is 2.25. The largest absolute Gasteiger partial charge is 0.494 e. The minimum Gasteiger partial charge on any atom is -0.494 e. The first-order chi connectivity index (χ1) is 12.4.